The maximum absolute atomic E-state index is 10.4. The summed E-state index contributed by atoms with van der Waals surface area (Å²) < 4.78 is 0. The third kappa shape index (κ3) is 5.44. The Morgan fingerprint density at radius 1 is 1.55 bits per heavy atom. The van der Waals surface area contributed by atoms with E-state index in [2.05, 4.69) is 6.92 Å². The average Bonchev–Trinajstić information content (AvgIpc) is 1.87. The third-order valence-corrected chi connectivity index (χ3v) is 3.64. The first-order chi connectivity index (χ1) is 5.07. The van der Waals surface area contributed by atoms with Crippen LogP contribution in [-0.4, -0.2) is 22.6 Å². The van der Waals surface area contributed by atoms with Crippen molar-refractivity contribution in [3.8, 4) is 0 Å². The number of aliphatic carboxylic acids is 1. The number of carbonyl (C=O) groups is 1. The predicted octanol–water partition coefficient (Wildman–Crippen LogP) is 2.50. The van der Waals surface area contributed by atoms with E-state index in [4.69, 9.17) is 5.11 Å². The first-order valence-corrected chi connectivity index (χ1v) is 6.12. The summed E-state index contributed by atoms with van der Waals surface area (Å²) in [5.74, 6) is -0.914. The van der Waals surface area contributed by atoms with Gasteiger partial charge in [-0.15, -0.1) is 0 Å². The van der Waals surface area contributed by atoms with Gasteiger partial charge >= 0.3 is 5.97 Å². The number of carboxylic acid groups (broad SMARTS) is 1. The summed E-state index contributed by atoms with van der Waals surface area (Å²) in [4.78, 5) is 10.4. The molecule has 4 heteroatoms. The predicted molar refractivity (Wildman–Crippen MR) is 52.0 cm³/mol. The topological polar surface area (TPSA) is 37.3 Å². The Balaban J connectivity index is 3.56. The highest BCUT2D eigenvalue weighted by Crippen LogP contribution is 2.27. The number of hydrogen-bond donors (Lipinski definition) is 1. The van der Waals surface area contributed by atoms with Crippen molar-refractivity contribution in [2.24, 2.45) is 5.92 Å². The van der Waals surface area contributed by atoms with Gasteiger partial charge in [0.15, 0.2) is 0 Å². The smallest absolute Gasteiger partial charge is 0.306 e. The molecule has 2 unspecified atom stereocenters. The minimum absolute atomic E-state index is 0.218. The van der Waals surface area contributed by atoms with Crippen LogP contribution in [0.2, 0.25) is 0 Å². The lowest BCUT2D eigenvalue weighted by atomic mass is 10.1. The highest BCUT2D eigenvalue weighted by Gasteiger charge is 2.14. The molecule has 1 N–H and O–H groups in total. The van der Waals surface area contributed by atoms with Gasteiger partial charge in [-0.05, 0) is 12.7 Å². The standard InChI is InChI=1S/C7H14O2S2/c1-5(7(8)9)4-6(2)11-10-3/h5-6H,4H2,1-3H3,(H,8,9). The quantitative estimate of drug-likeness (QED) is 0.682. The molecule has 0 spiro atoms. The first-order valence-electron chi connectivity index (χ1n) is 3.50. The van der Waals surface area contributed by atoms with Crippen LogP contribution in [0.25, 0.3) is 0 Å². The molecule has 2 nitrogen and oxygen atoms in total. The molecule has 0 aromatic rings. The van der Waals surface area contributed by atoms with Crippen molar-refractivity contribution in [3.63, 3.8) is 0 Å². The van der Waals surface area contributed by atoms with Crippen molar-refractivity contribution in [2.75, 3.05) is 6.26 Å². The summed E-state index contributed by atoms with van der Waals surface area (Å²) in [5.41, 5.74) is 0. The van der Waals surface area contributed by atoms with Crippen LogP contribution in [0.4, 0.5) is 0 Å². The summed E-state index contributed by atoms with van der Waals surface area (Å²) in [5, 5.41) is 9.01. The highest BCUT2D eigenvalue weighted by molar-refractivity contribution is 8.76. The van der Waals surface area contributed by atoms with Crippen molar-refractivity contribution in [1.82, 2.24) is 0 Å². The minimum atomic E-state index is -0.696. The molecule has 0 aromatic heterocycles. The number of carboxylic acids is 1. The molecule has 0 fully saturated rings. The Hall–Kier alpha value is 0.170. The lowest BCUT2D eigenvalue weighted by Crippen LogP contribution is -2.13. The fourth-order valence-electron chi connectivity index (χ4n) is 0.802. The van der Waals surface area contributed by atoms with E-state index < -0.39 is 5.97 Å². The zero-order valence-electron chi connectivity index (χ0n) is 7.03. The van der Waals surface area contributed by atoms with Crippen molar-refractivity contribution in [2.45, 2.75) is 25.5 Å². The Kier molecular flexibility index (Phi) is 5.86. The number of rotatable bonds is 5. The van der Waals surface area contributed by atoms with Gasteiger partial charge in [-0.3, -0.25) is 4.79 Å². The van der Waals surface area contributed by atoms with Gasteiger partial charge in [0.25, 0.3) is 0 Å². The van der Waals surface area contributed by atoms with E-state index in [1.54, 1.807) is 28.5 Å². The lowest BCUT2D eigenvalue weighted by Gasteiger charge is -2.11. The van der Waals surface area contributed by atoms with E-state index in [0.29, 0.717) is 5.25 Å². The van der Waals surface area contributed by atoms with E-state index >= 15 is 0 Å². The van der Waals surface area contributed by atoms with E-state index in [1.807, 2.05) is 6.26 Å². The normalized spacial score (nSPS) is 15.9. The molecular weight excluding hydrogens is 180 g/mol. The van der Waals surface area contributed by atoms with Crippen molar-refractivity contribution in [3.05, 3.63) is 0 Å². The molecule has 0 radical (unpaired) electrons. The van der Waals surface area contributed by atoms with Crippen LogP contribution >= 0.6 is 21.6 Å². The molecule has 0 aromatic carbocycles. The van der Waals surface area contributed by atoms with Crippen LogP contribution < -0.4 is 0 Å². The van der Waals surface area contributed by atoms with Gasteiger partial charge in [0.2, 0.25) is 0 Å². The van der Waals surface area contributed by atoms with Crippen molar-refractivity contribution >= 4 is 27.6 Å². The molecule has 0 saturated carbocycles. The van der Waals surface area contributed by atoms with E-state index in [-0.39, 0.29) is 5.92 Å². The summed E-state index contributed by atoms with van der Waals surface area (Å²) in [6, 6.07) is 0. The van der Waals surface area contributed by atoms with Gasteiger partial charge in [0.05, 0.1) is 5.92 Å². The molecule has 0 bridgehead atoms. The molecule has 2 atom stereocenters. The maximum atomic E-state index is 10.4. The molecule has 0 aliphatic rings. The van der Waals surface area contributed by atoms with Gasteiger partial charge in [-0.1, -0.05) is 35.4 Å². The second-order valence-corrected chi connectivity index (χ2v) is 5.46. The Morgan fingerprint density at radius 3 is 2.45 bits per heavy atom. The summed E-state index contributed by atoms with van der Waals surface area (Å²) in [7, 11) is 3.42. The molecule has 0 amide bonds. The van der Waals surface area contributed by atoms with Gasteiger partial charge < -0.3 is 5.11 Å². The van der Waals surface area contributed by atoms with Crippen molar-refractivity contribution < 1.29 is 9.90 Å². The zero-order valence-corrected chi connectivity index (χ0v) is 8.67. The van der Waals surface area contributed by atoms with Gasteiger partial charge in [0.1, 0.15) is 0 Å². The van der Waals surface area contributed by atoms with Crippen LogP contribution in [0.1, 0.15) is 20.3 Å². The van der Waals surface area contributed by atoms with Gasteiger partial charge in [0, 0.05) is 5.25 Å². The monoisotopic (exact) mass is 194 g/mol. The Bertz CT molecular complexity index is 128. The Labute approximate surface area is 75.5 Å². The van der Waals surface area contributed by atoms with Crippen LogP contribution in [-0.2, 0) is 4.79 Å². The van der Waals surface area contributed by atoms with Crippen molar-refractivity contribution in [1.29, 1.82) is 0 Å². The van der Waals surface area contributed by atoms with Crippen LogP contribution in [0, 0.1) is 5.92 Å². The third-order valence-electron chi connectivity index (χ3n) is 1.37. The minimum Gasteiger partial charge on any atom is -0.481 e. The maximum Gasteiger partial charge on any atom is 0.306 e. The largest absolute Gasteiger partial charge is 0.481 e. The summed E-state index contributed by atoms with van der Waals surface area (Å²) in [6.07, 6.45) is 2.76. The second-order valence-electron chi connectivity index (χ2n) is 2.55. The molecule has 66 valence electrons. The molecule has 11 heavy (non-hydrogen) atoms. The van der Waals surface area contributed by atoms with Crippen LogP contribution in [0.3, 0.4) is 0 Å². The lowest BCUT2D eigenvalue weighted by molar-refractivity contribution is -0.141. The summed E-state index contributed by atoms with van der Waals surface area (Å²) >= 11 is 0. The first kappa shape index (κ1) is 11.2. The fourth-order valence-corrected chi connectivity index (χ4v) is 2.72. The fraction of sp³-hybridized carbons (Fsp3) is 0.857. The molecule has 0 aliphatic carbocycles. The van der Waals surface area contributed by atoms with Crippen LogP contribution in [0.15, 0.2) is 0 Å². The number of hydrogen-bond acceptors (Lipinski definition) is 3. The molecule has 0 saturated heterocycles. The van der Waals surface area contributed by atoms with E-state index in [9.17, 15) is 4.79 Å². The SMILES string of the molecule is CSSC(C)CC(C)C(=O)O. The molecule has 0 aliphatic heterocycles. The molecule has 0 rings (SSSR count). The average molecular weight is 194 g/mol. The van der Waals surface area contributed by atoms with Gasteiger partial charge in [-0.2, -0.15) is 0 Å². The van der Waals surface area contributed by atoms with E-state index in [0.717, 1.165) is 6.42 Å². The Morgan fingerprint density at radius 2 is 2.09 bits per heavy atom. The van der Waals surface area contributed by atoms with Crippen LogP contribution in [0.5, 0.6) is 0 Å². The highest BCUT2D eigenvalue weighted by atomic mass is 33.1. The second kappa shape index (κ2) is 5.77. The zero-order chi connectivity index (χ0) is 8.85. The van der Waals surface area contributed by atoms with Gasteiger partial charge in [-0.25, -0.2) is 0 Å². The molecule has 0 heterocycles. The van der Waals surface area contributed by atoms with E-state index in [1.165, 1.54) is 0 Å². The summed E-state index contributed by atoms with van der Waals surface area (Å²) in [6.45, 7) is 3.81. The molecular formula is C7H14O2S2.